The van der Waals surface area contributed by atoms with Crippen LogP contribution in [0.4, 0.5) is 0 Å². The van der Waals surface area contributed by atoms with Gasteiger partial charge in [0.15, 0.2) is 0 Å². The Bertz CT molecular complexity index is 719. The lowest BCUT2D eigenvalue weighted by atomic mass is 10.0. The van der Waals surface area contributed by atoms with Crippen LogP contribution in [-0.2, 0) is 13.6 Å². The predicted molar refractivity (Wildman–Crippen MR) is 91.0 cm³/mol. The number of hydrogen-bond donors (Lipinski definition) is 1. The van der Waals surface area contributed by atoms with E-state index in [1.807, 2.05) is 6.07 Å². The van der Waals surface area contributed by atoms with Crippen LogP contribution >= 0.6 is 0 Å². The van der Waals surface area contributed by atoms with E-state index in [1.165, 1.54) is 10.2 Å². The molecule has 2 rings (SSSR count). The molecule has 0 aliphatic rings. The molecule has 0 radical (unpaired) electrons. The minimum atomic E-state index is -0.0372. The average Bonchev–Trinajstić information content (AvgIpc) is 2.50. The van der Waals surface area contributed by atoms with Gasteiger partial charge in [-0.15, -0.1) is 0 Å². The molecule has 4 nitrogen and oxygen atoms in total. The first-order valence-corrected chi connectivity index (χ1v) is 7.80. The van der Waals surface area contributed by atoms with Crippen LogP contribution in [-0.4, -0.2) is 15.8 Å². The molecular formula is C18H25N3O. The van der Waals surface area contributed by atoms with Gasteiger partial charge in [0.25, 0.3) is 5.56 Å². The minimum Gasteiger partial charge on any atom is -0.310 e. The molecule has 118 valence electrons. The topological polar surface area (TPSA) is 46.9 Å². The van der Waals surface area contributed by atoms with E-state index in [0.717, 1.165) is 28.8 Å². The zero-order valence-corrected chi connectivity index (χ0v) is 14.1. The molecule has 0 aliphatic carbocycles. The van der Waals surface area contributed by atoms with Crippen molar-refractivity contribution in [3.8, 4) is 11.3 Å². The Hall–Kier alpha value is -1.94. The summed E-state index contributed by atoms with van der Waals surface area (Å²) in [7, 11) is 1.71. The van der Waals surface area contributed by atoms with Crippen molar-refractivity contribution in [2.24, 2.45) is 7.05 Å². The molecule has 1 unspecified atom stereocenters. The highest BCUT2D eigenvalue weighted by Crippen LogP contribution is 2.22. The molecule has 22 heavy (non-hydrogen) atoms. The number of nitrogens with one attached hydrogen (secondary N) is 1. The fourth-order valence-electron chi connectivity index (χ4n) is 2.37. The number of aryl methyl sites for hydroxylation is 3. The first kappa shape index (κ1) is 16.4. The largest absolute Gasteiger partial charge is 0.310 e. The average molecular weight is 299 g/mol. The van der Waals surface area contributed by atoms with Crippen molar-refractivity contribution >= 4 is 0 Å². The van der Waals surface area contributed by atoms with Crippen molar-refractivity contribution in [2.75, 3.05) is 0 Å². The second-order valence-electron chi connectivity index (χ2n) is 5.99. The van der Waals surface area contributed by atoms with Gasteiger partial charge in [-0.25, -0.2) is 4.68 Å². The molecule has 0 saturated carbocycles. The lowest BCUT2D eigenvalue weighted by molar-refractivity contribution is 0.528. The van der Waals surface area contributed by atoms with E-state index in [9.17, 15) is 4.79 Å². The first-order chi connectivity index (χ1) is 10.4. The molecule has 1 N–H and O–H groups in total. The Balaban J connectivity index is 2.43. The number of hydrogen-bond acceptors (Lipinski definition) is 3. The van der Waals surface area contributed by atoms with E-state index >= 15 is 0 Å². The number of benzene rings is 1. The quantitative estimate of drug-likeness (QED) is 0.923. The van der Waals surface area contributed by atoms with Gasteiger partial charge in [0.1, 0.15) is 0 Å². The van der Waals surface area contributed by atoms with Gasteiger partial charge in [-0.05, 0) is 44.9 Å². The van der Waals surface area contributed by atoms with E-state index in [2.05, 4.69) is 56.3 Å². The molecule has 1 atom stereocenters. The summed E-state index contributed by atoms with van der Waals surface area (Å²) in [5, 5.41) is 7.81. The highest BCUT2D eigenvalue weighted by atomic mass is 16.1. The molecule has 0 aliphatic heterocycles. The maximum atomic E-state index is 12.3. The van der Waals surface area contributed by atoms with E-state index in [0.29, 0.717) is 12.6 Å². The summed E-state index contributed by atoms with van der Waals surface area (Å²) in [4.78, 5) is 12.3. The summed E-state index contributed by atoms with van der Waals surface area (Å²) in [6.45, 7) is 8.96. The van der Waals surface area contributed by atoms with Crippen molar-refractivity contribution in [3.63, 3.8) is 0 Å². The van der Waals surface area contributed by atoms with Gasteiger partial charge in [0, 0.05) is 30.8 Å². The first-order valence-electron chi connectivity index (χ1n) is 7.80. The molecule has 1 heterocycles. The second-order valence-corrected chi connectivity index (χ2v) is 5.99. The predicted octanol–water partition coefficient (Wildman–Crippen LogP) is 2.95. The van der Waals surface area contributed by atoms with Crippen LogP contribution in [0, 0.1) is 13.8 Å². The zero-order chi connectivity index (χ0) is 16.3. The highest BCUT2D eigenvalue weighted by Gasteiger charge is 2.11. The monoisotopic (exact) mass is 299 g/mol. The molecule has 1 aromatic heterocycles. The Kier molecular flexibility index (Phi) is 5.14. The van der Waals surface area contributed by atoms with Crippen LogP contribution in [0.3, 0.4) is 0 Å². The third-order valence-corrected chi connectivity index (χ3v) is 4.06. The lowest BCUT2D eigenvalue weighted by Crippen LogP contribution is -2.31. The molecular weight excluding hydrogens is 274 g/mol. The summed E-state index contributed by atoms with van der Waals surface area (Å²) < 4.78 is 1.44. The maximum absolute atomic E-state index is 12.3. The lowest BCUT2D eigenvalue weighted by Gasteiger charge is -2.13. The van der Waals surface area contributed by atoms with Crippen molar-refractivity contribution in [2.45, 2.75) is 46.7 Å². The van der Waals surface area contributed by atoms with Crippen molar-refractivity contribution < 1.29 is 0 Å². The van der Waals surface area contributed by atoms with Crippen molar-refractivity contribution in [1.82, 2.24) is 15.1 Å². The SMILES string of the molecule is CCC(C)NCc1cc(-c2cc(C)ccc2C)nn(C)c1=O. The van der Waals surface area contributed by atoms with Crippen LogP contribution < -0.4 is 10.9 Å². The van der Waals surface area contributed by atoms with Gasteiger partial charge in [-0.2, -0.15) is 5.10 Å². The second kappa shape index (κ2) is 6.88. The number of aromatic nitrogens is 2. The molecule has 0 fully saturated rings. The standard InChI is InChI=1S/C18H25N3O/c1-6-14(4)19-11-15-10-17(20-21(5)18(15)22)16-9-12(2)7-8-13(16)3/h7-10,14,19H,6,11H2,1-5H3. The summed E-state index contributed by atoms with van der Waals surface area (Å²) in [6.07, 6.45) is 1.04. The minimum absolute atomic E-state index is 0.0372. The molecule has 0 bridgehead atoms. The summed E-state index contributed by atoms with van der Waals surface area (Å²) >= 11 is 0. The Morgan fingerprint density at radius 3 is 2.68 bits per heavy atom. The van der Waals surface area contributed by atoms with Crippen LogP contribution in [0.5, 0.6) is 0 Å². The normalized spacial score (nSPS) is 12.4. The van der Waals surface area contributed by atoms with E-state index < -0.39 is 0 Å². The van der Waals surface area contributed by atoms with Crippen LogP contribution in [0.2, 0.25) is 0 Å². The van der Waals surface area contributed by atoms with Gasteiger partial charge >= 0.3 is 0 Å². The third kappa shape index (κ3) is 3.63. The smallest absolute Gasteiger partial charge is 0.271 e. The van der Waals surface area contributed by atoms with Gasteiger partial charge < -0.3 is 5.32 Å². The molecule has 1 aromatic carbocycles. The summed E-state index contributed by atoms with van der Waals surface area (Å²) in [5.41, 5.74) is 5.01. The van der Waals surface area contributed by atoms with E-state index in [1.54, 1.807) is 7.05 Å². The van der Waals surface area contributed by atoms with Gasteiger partial charge in [0.2, 0.25) is 0 Å². The number of nitrogens with zero attached hydrogens (tertiary/aromatic N) is 2. The van der Waals surface area contributed by atoms with Gasteiger partial charge in [-0.3, -0.25) is 4.79 Å². The van der Waals surface area contributed by atoms with Crippen LogP contribution in [0.15, 0.2) is 29.1 Å². The maximum Gasteiger partial charge on any atom is 0.271 e. The molecule has 0 amide bonds. The number of rotatable bonds is 5. The van der Waals surface area contributed by atoms with Gasteiger partial charge in [0.05, 0.1) is 5.69 Å². The van der Waals surface area contributed by atoms with Crippen LogP contribution in [0.25, 0.3) is 11.3 Å². The molecule has 0 saturated heterocycles. The van der Waals surface area contributed by atoms with Crippen molar-refractivity contribution in [1.29, 1.82) is 0 Å². The fraction of sp³-hybridized carbons (Fsp3) is 0.444. The fourth-order valence-corrected chi connectivity index (χ4v) is 2.37. The molecule has 4 heteroatoms. The Morgan fingerprint density at radius 1 is 1.27 bits per heavy atom. The molecule has 2 aromatic rings. The summed E-state index contributed by atoms with van der Waals surface area (Å²) in [5.74, 6) is 0. The Labute approximate surface area is 132 Å². The van der Waals surface area contributed by atoms with E-state index in [-0.39, 0.29) is 5.56 Å². The van der Waals surface area contributed by atoms with E-state index in [4.69, 9.17) is 0 Å². The van der Waals surface area contributed by atoms with Crippen molar-refractivity contribution in [3.05, 3.63) is 51.3 Å². The summed E-state index contributed by atoms with van der Waals surface area (Å²) in [6, 6.07) is 8.61. The molecule has 0 spiro atoms. The van der Waals surface area contributed by atoms with Crippen LogP contribution in [0.1, 0.15) is 37.0 Å². The third-order valence-electron chi connectivity index (χ3n) is 4.06. The highest BCUT2D eigenvalue weighted by molar-refractivity contribution is 5.64. The Morgan fingerprint density at radius 2 is 2.00 bits per heavy atom. The van der Waals surface area contributed by atoms with Gasteiger partial charge in [-0.1, -0.05) is 24.6 Å². The zero-order valence-electron chi connectivity index (χ0n) is 14.1.